The predicted octanol–water partition coefficient (Wildman–Crippen LogP) is 5.91. The van der Waals surface area contributed by atoms with E-state index >= 15 is 0 Å². The number of halogens is 3. The number of hydrogen-bond acceptors (Lipinski definition) is 4. The number of H-pyrrole nitrogens is 1. The van der Waals surface area contributed by atoms with Crippen LogP contribution in [0.1, 0.15) is 24.5 Å². The van der Waals surface area contributed by atoms with Crippen molar-refractivity contribution >= 4 is 40.5 Å². The maximum absolute atomic E-state index is 14.3. The summed E-state index contributed by atoms with van der Waals surface area (Å²) in [5.41, 5.74) is 1.16. The van der Waals surface area contributed by atoms with E-state index in [0.29, 0.717) is 25.5 Å². The number of aryl methyl sites for hydroxylation is 2. The van der Waals surface area contributed by atoms with Gasteiger partial charge in [-0.05, 0) is 60.9 Å². The molecule has 0 saturated carbocycles. The molecule has 4 rings (SSSR count). The molecular weight excluding hydrogens is 472 g/mol. The van der Waals surface area contributed by atoms with E-state index in [1.807, 2.05) is 6.92 Å². The van der Waals surface area contributed by atoms with Gasteiger partial charge in [-0.2, -0.15) is 9.61 Å². The van der Waals surface area contributed by atoms with Gasteiger partial charge < -0.3 is 0 Å². The van der Waals surface area contributed by atoms with Gasteiger partial charge in [0, 0.05) is 10.5 Å². The molecule has 4 aromatic rings. The Hall–Kier alpha value is -2.61. The molecule has 0 spiro atoms. The van der Waals surface area contributed by atoms with Gasteiger partial charge >= 0.3 is 5.69 Å². The summed E-state index contributed by atoms with van der Waals surface area (Å²) >= 11 is 14.1. The second-order valence-corrected chi connectivity index (χ2v) is 9.20. The highest BCUT2D eigenvalue weighted by atomic mass is 35.5. The molecule has 2 aromatic carbocycles. The van der Waals surface area contributed by atoms with Crippen LogP contribution in [0.25, 0.3) is 16.6 Å². The van der Waals surface area contributed by atoms with Crippen LogP contribution in [0, 0.1) is 12.7 Å². The number of aromatic nitrogens is 3. The minimum atomic E-state index is -0.713. The van der Waals surface area contributed by atoms with Gasteiger partial charge in [-0.3, -0.25) is 9.78 Å². The number of nitrogens with one attached hydrogen (secondary N) is 1. The quantitative estimate of drug-likeness (QED) is 0.378. The van der Waals surface area contributed by atoms with Crippen molar-refractivity contribution in [2.45, 2.75) is 36.6 Å². The lowest BCUT2D eigenvalue weighted by Crippen LogP contribution is -2.29. The highest BCUT2D eigenvalue weighted by Crippen LogP contribution is 2.36. The van der Waals surface area contributed by atoms with E-state index < -0.39 is 11.2 Å². The molecule has 0 amide bonds. The van der Waals surface area contributed by atoms with Crippen molar-refractivity contribution in [3.63, 3.8) is 0 Å². The minimum Gasteiger partial charge on any atom is -0.272 e. The average molecular weight is 490 g/mol. The highest BCUT2D eigenvalue weighted by Gasteiger charge is 2.19. The van der Waals surface area contributed by atoms with E-state index in [4.69, 9.17) is 23.2 Å². The van der Waals surface area contributed by atoms with Crippen molar-refractivity contribution in [2.75, 3.05) is 0 Å². The van der Waals surface area contributed by atoms with Crippen LogP contribution >= 0.6 is 35.0 Å². The minimum absolute atomic E-state index is 0.146. The first-order chi connectivity index (χ1) is 15.3. The third-order valence-corrected chi connectivity index (χ3v) is 6.47. The van der Waals surface area contributed by atoms with Crippen molar-refractivity contribution in [3.8, 4) is 11.1 Å². The van der Waals surface area contributed by atoms with Crippen molar-refractivity contribution in [3.05, 3.63) is 90.3 Å². The molecule has 5 nitrogen and oxygen atoms in total. The number of hydrogen-bond donors (Lipinski definition) is 1. The Kier molecular flexibility index (Phi) is 6.42. The normalized spacial score (nSPS) is 11.3. The zero-order valence-electron chi connectivity index (χ0n) is 17.2. The molecular formula is C23H18Cl2FN3O2S. The Morgan fingerprint density at radius 2 is 1.78 bits per heavy atom. The van der Waals surface area contributed by atoms with Crippen molar-refractivity contribution in [1.29, 1.82) is 0 Å². The standard InChI is InChI=1S/C23H18Cl2FN3O2S/c1-3-4-13-10-14(24)20(15(25)11-13)21-17-6-8-19(28-29(17)23(31)27-22(21)30)32-18-7-5-12(2)9-16(18)26/h5-11H,3-4H2,1-2H3,(H,27,30,31). The first-order valence-corrected chi connectivity index (χ1v) is 11.4. The summed E-state index contributed by atoms with van der Waals surface area (Å²) in [5, 5.41) is 5.32. The molecule has 0 saturated heterocycles. The summed E-state index contributed by atoms with van der Waals surface area (Å²) in [6.07, 6.45) is 1.71. The van der Waals surface area contributed by atoms with Crippen LogP contribution in [-0.4, -0.2) is 14.6 Å². The van der Waals surface area contributed by atoms with Crippen LogP contribution in [0.4, 0.5) is 4.39 Å². The Bertz CT molecular complexity index is 1440. The van der Waals surface area contributed by atoms with Crippen molar-refractivity contribution < 1.29 is 4.39 Å². The average Bonchev–Trinajstić information content (AvgIpc) is 2.72. The number of aromatic amines is 1. The molecule has 32 heavy (non-hydrogen) atoms. The van der Waals surface area contributed by atoms with Gasteiger partial charge in [0.05, 0.1) is 21.1 Å². The fourth-order valence-electron chi connectivity index (χ4n) is 3.47. The largest absolute Gasteiger partial charge is 0.349 e. The summed E-state index contributed by atoms with van der Waals surface area (Å²) in [4.78, 5) is 27.9. The van der Waals surface area contributed by atoms with Crippen molar-refractivity contribution in [2.24, 2.45) is 0 Å². The summed E-state index contributed by atoms with van der Waals surface area (Å²) in [7, 11) is 0. The molecule has 0 bridgehead atoms. The molecule has 0 radical (unpaired) electrons. The summed E-state index contributed by atoms with van der Waals surface area (Å²) < 4.78 is 15.3. The van der Waals surface area contributed by atoms with E-state index in [2.05, 4.69) is 10.1 Å². The zero-order chi connectivity index (χ0) is 23.0. The Balaban J connectivity index is 1.87. The number of nitrogens with zero attached hydrogens (tertiary/aromatic N) is 2. The molecule has 0 aliphatic rings. The van der Waals surface area contributed by atoms with E-state index in [9.17, 15) is 14.0 Å². The lowest BCUT2D eigenvalue weighted by molar-refractivity contribution is 0.600. The van der Waals surface area contributed by atoms with E-state index in [1.54, 1.807) is 43.3 Å². The molecule has 0 unspecified atom stereocenters. The SMILES string of the molecule is CCCc1cc(Cl)c(-c2c(=O)[nH]c(=O)n3nc(Sc4ccc(C)cc4F)ccc23)c(Cl)c1. The third-order valence-electron chi connectivity index (χ3n) is 4.90. The van der Waals surface area contributed by atoms with Gasteiger partial charge in [0.1, 0.15) is 10.8 Å². The van der Waals surface area contributed by atoms with Crippen LogP contribution in [0.3, 0.4) is 0 Å². The van der Waals surface area contributed by atoms with Crippen LogP contribution in [-0.2, 0) is 6.42 Å². The Morgan fingerprint density at radius 1 is 1.06 bits per heavy atom. The van der Waals surface area contributed by atoms with Gasteiger partial charge in [0.15, 0.2) is 0 Å². The molecule has 9 heteroatoms. The molecule has 0 atom stereocenters. The second kappa shape index (κ2) is 9.10. The molecule has 2 heterocycles. The maximum Gasteiger partial charge on any atom is 0.349 e. The van der Waals surface area contributed by atoms with Gasteiger partial charge in [-0.1, -0.05) is 54.4 Å². The molecule has 2 aromatic heterocycles. The number of rotatable bonds is 5. The second-order valence-electron chi connectivity index (χ2n) is 7.32. The number of benzene rings is 2. The first kappa shape index (κ1) is 22.6. The van der Waals surface area contributed by atoms with Crippen LogP contribution < -0.4 is 11.2 Å². The number of fused-ring (bicyclic) bond motifs is 1. The lowest BCUT2D eigenvalue weighted by atomic mass is 10.0. The predicted molar refractivity (Wildman–Crippen MR) is 127 cm³/mol. The monoisotopic (exact) mass is 489 g/mol. The van der Waals surface area contributed by atoms with Crippen LogP contribution in [0.2, 0.25) is 10.0 Å². The van der Waals surface area contributed by atoms with Crippen molar-refractivity contribution in [1.82, 2.24) is 14.6 Å². The van der Waals surface area contributed by atoms with Gasteiger partial charge in [-0.25, -0.2) is 9.18 Å². The van der Waals surface area contributed by atoms with Gasteiger partial charge in [0.2, 0.25) is 0 Å². The fourth-order valence-corrected chi connectivity index (χ4v) is 4.97. The fraction of sp³-hybridized carbons (Fsp3) is 0.174. The summed E-state index contributed by atoms with van der Waals surface area (Å²) in [5.74, 6) is -0.378. The van der Waals surface area contributed by atoms with E-state index in [0.717, 1.165) is 40.2 Å². The lowest BCUT2D eigenvalue weighted by Gasteiger charge is -2.12. The molecule has 164 valence electrons. The van der Waals surface area contributed by atoms with Gasteiger partial charge in [0.25, 0.3) is 5.56 Å². The molecule has 0 fully saturated rings. The van der Waals surface area contributed by atoms with Crippen LogP contribution in [0.15, 0.2) is 62.0 Å². The Labute approximate surface area is 197 Å². The molecule has 1 N–H and O–H groups in total. The van der Waals surface area contributed by atoms with E-state index in [1.165, 1.54) is 6.07 Å². The first-order valence-electron chi connectivity index (χ1n) is 9.87. The molecule has 0 aliphatic carbocycles. The smallest absolute Gasteiger partial charge is 0.272 e. The zero-order valence-corrected chi connectivity index (χ0v) is 19.5. The molecule has 0 aliphatic heterocycles. The third kappa shape index (κ3) is 4.33. The van der Waals surface area contributed by atoms with Crippen LogP contribution in [0.5, 0.6) is 0 Å². The maximum atomic E-state index is 14.3. The van der Waals surface area contributed by atoms with E-state index in [-0.39, 0.29) is 16.9 Å². The van der Waals surface area contributed by atoms with Gasteiger partial charge in [-0.15, -0.1) is 0 Å². The topological polar surface area (TPSA) is 67.2 Å². The summed E-state index contributed by atoms with van der Waals surface area (Å²) in [6.45, 7) is 3.84. The highest BCUT2D eigenvalue weighted by molar-refractivity contribution is 7.99. The Morgan fingerprint density at radius 3 is 2.44 bits per heavy atom. The summed E-state index contributed by atoms with van der Waals surface area (Å²) in [6, 6.07) is 11.6.